The molecule has 9 atom stereocenters. The van der Waals surface area contributed by atoms with Gasteiger partial charge in [-0.15, -0.1) is 0 Å². The van der Waals surface area contributed by atoms with Gasteiger partial charge in [0.25, 0.3) is 0 Å². The van der Waals surface area contributed by atoms with Crippen molar-refractivity contribution in [2.75, 3.05) is 0 Å². The molecule has 0 N–H and O–H groups in total. The maximum absolute atomic E-state index is 12.9. The lowest BCUT2D eigenvalue weighted by molar-refractivity contribution is -0.151. The number of ether oxygens (including phenoxy) is 1. The van der Waals surface area contributed by atoms with Gasteiger partial charge in [0.05, 0.1) is 0 Å². The normalized spacial score (nSPS) is 31.9. The van der Waals surface area contributed by atoms with Gasteiger partial charge < -0.3 is 4.74 Å². The monoisotopic (exact) mass is 703 g/mol. The molecule has 9 unspecified atom stereocenters. The number of fused-ring (bicyclic) bond motifs is 5. The predicted molar refractivity (Wildman–Crippen MR) is 221 cm³/mol. The highest BCUT2D eigenvalue weighted by Gasteiger charge is 2.59. The second-order valence-corrected chi connectivity index (χ2v) is 18.6. The van der Waals surface area contributed by atoms with Crippen LogP contribution in [0.1, 0.15) is 196 Å². The first-order valence-corrected chi connectivity index (χ1v) is 22.5. The predicted octanol–water partition coefficient (Wildman–Crippen LogP) is 14.9. The van der Waals surface area contributed by atoms with E-state index in [2.05, 4.69) is 91.0 Å². The zero-order chi connectivity index (χ0) is 36.7. The van der Waals surface area contributed by atoms with Gasteiger partial charge in [-0.3, -0.25) is 4.79 Å². The average Bonchev–Trinajstić information content (AvgIpc) is 3.47. The molecule has 2 heteroatoms. The van der Waals surface area contributed by atoms with E-state index in [1.165, 1.54) is 96.3 Å². The van der Waals surface area contributed by atoms with E-state index in [0.29, 0.717) is 17.3 Å². The van der Waals surface area contributed by atoms with Crippen LogP contribution in [0.2, 0.25) is 0 Å². The molecule has 2 nitrogen and oxygen atoms in total. The molecule has 4 aliphatic carbocycles. The summed E-state index contributed by atoms with van der Waals surface area (Å²) in [4.78, 5) is 12.9. The maximum Gasteiger partial charge on any atom is 0.306 e. The molecule has 0 aliphatic heterocycles. The Morgan fingerprint density at radius 2 is 1.49 bits per heavy atom. The van der Waals surface area contributed by atoms with Crippen molar-refractivity contribution in [3.8, 4) is 0 Å². The summed E-state index contributed by atoms with van der Waals surface area (Å²) in [5.74, 6) is 6.10. The van der Waals surface area contributed by atoms with Crippen LogP contribution in [0.15, 0.2) is 48.1 Å². The van der Waals surface area contributed by atoms with Crippen molar-refractivity contribution in [1.29, 1.82) is 0 Å². The molecule has 4 aliphatic rings. The van der Waals surface area contributed by atoms with Crippen molar-refractivity contribution < 1.29 is 9.53 Å². The molecule has 51 heavy (non-hydrogen) atoms. The van der Waals surface area contributed by atoms with Gasteiger partial charge in [0.1, 0.15) is 6.10 Å². The van der Waals surface area contributed by atoms with Crippen molar-refractivity contribution >= 4 is 5.97 Å². The largest absolute Gasteiger partial charge is 0.462 e. The highest BCUT2D eigenvalue weighted by Crippen LogP contribution is 2.67. The van der Waals surface area contributed by atoms with E-state index in [1.807, 2.05) is 0 Å². The van der Waals surface area contributed by atoms with Crippen LogP contribution in [0.4, 0.5) is 0 Å². The number of hydrogen-bond donors (Lipinski definition) is 0. The zero-order valence-corrected chi connectivity index (χ0v) is 34.7. The van der Waals surface area contributed by atoms with Crippen LogP contribution in [-0.2, 0) is 9.53 Å². The number of hydrogen-bond acceptors (Lipinski definition) is 2. The summed E-state index contributed by atoms with van der Waals surface area (Å²) in [6, 6.07) is 0. The summed E-state index contributed by atoms with van der Waals surface area (Å²) < 4.78 is 6.14. The topological polar surface area (TPSA) is 26.3 Å². The summed E-state index contributed by atoms with van der Waals surface area (Å²) in [5, 5.41) is 0. The molecule has 0 amide bonds. The van der Waals surface area contributed by atoms with Crippen molar-refractivity contribution in [2.24, 2.45) is 52.3 Å². The quantitative estimate of drug-likeness (QED) is 0.0638. The van der Waals surface area contributed by atoms with E-state index in [-0.39, 0.29) is 12.1 Å². The molecule has 3 fully saturated rings. The smallest absolute Gasteiger partial charge is 0.306 e. The Hall–Kier alpha value is -1.57. The van der Waals surface area contributed by atoms with Crippen molar-refractivity contribution in [2.45, 2.75) is 202 Å². The first kappa shape index (κ1) is 42.2. The number of allylic oxidation sites excluding steroid dienone is 7. The molecule has 0 heterocycles. The minimum absolute atomic E-state index is 0.0404. The molecular formula is C49H82O2. The minimum Gasteiger partial charge on any atom is -0.462 e. The van der Waals surface area contributed by atoms with Crippen LogP contribution >= 0.6 is 0 Å². The highest BCUT2D eigenvalue weighted by molar-refractivity contribution is 5.69. The second-order valence-electron chi connectivity index (χ2n) is 18.6. The first-order chi connectivity index (χ1) is 24.6. The van der Waals surface area contributed by atoms with E-state index >= 15 is 0 Å². The fourth-order valence-electron chi connectivity index (χ4n) is 11.8. The molecule has 0 spiro atoms. The van der Waals surface area contributed by atoms with E-state index in [4.69, 9.17) is 4.74 Å². The van der Waals surface area contributed by atoms with Gasteiger partial charge in [0, 0.05) is 12.8 Å². The van der Waals surface area contributed by atoms with Gasteiger partial charge in [-0.25, -0.2) is 0 Å². The van der Waals surface area contributed by atoms with Crippen LogP contribution in [0.3, 0.4) is 0 Å². The molecule has 3 saturated carbocycles. The summed E-state index contributed by atoms with van der Waals surface area (Å²) in [6.07, 6.45) is 44.5. The van der Waals surface area contributed by atoms with E-state index < -0.39 is 0 Å². The molecule has 4 rings (SSSR count). The van der Waals surface area contributed by atoms with E-state index in [1.54, 1.807) is 5.57 Å². The maximum atomic E-state index is 12.9. The third kappa shape index (κ3) is 11.7. The van der Waals surface area contributed by atoms with Crippen LogP contribution in [0.5, 0.6) is 0 Å². The molecule has 0 bridgehead atoms. The lowest BCUT2D eigenvalue weighted by Gasteiger charge is -2.58. The molecule has 0 saturated heterocycles. The number of carbonyl (C=O) groups is 1. The molecule has 0 aromatic rings. The second kappa shape index (κ2) is 21.4. The molecule has 0 aromatic heterocycles. The fourth-order valence-corrected chi connectivity index (χ4v) is 11.8. The SMILES string of the molecule is CCCCC/C=C\C/C=C\C/C=C\CCCCCCC(=O)OC1CCC2(C)C(=CCC3C2CCC2(C)C(C(C)CCC(CC)C(C)C)CCC32)C1. The van der Waals surface area contributed by atoms with Gasteiger partial charge >= 0.3 is 5.97 Å². The molecular weight excluding hydrogens is 621 g/mol. The third-order valence-corrected chi connectivity index (χ3v) is 15.1. The van der Waals surface area contributed by atoms with Crippen molar-refractivity contribution in [3.63, 3.8) is 0 Å². The molecule has 0 aromatic carbocycles. The van der Waals surface area contributed by atoms with Crippen molar-refractivity contribution in [1.82, 2.24) is 0 Å². The summed E-state index contributed by atoms with van der Waals surface area (Å²) in [6.45, 7) is 17.4. The first-order valence-electron chi connectivity index (χ1n) is 22.5. The Labute approximate surface area is 317 Å². The third-order valence-electron chi connectivity index (χ3n) is 15.1. The standard InChI is InChI=1S/C49H82O2/c1-8-10-11-12-13-14-15-16-17-18-19-20-21-22-23-24-25-26-47(50)51-42-33-35-48(6)41(37-42)29-30-43-45-32-31-44(49(45,7)36-34-46(43)48)39(5)27-28-40(9-2)38(3)4/h13-14,16-17,19-20,29,38-40,42-46H,8-12,15,18,21-28,30-37H2,1-7H3/b14-13-,17-16-,20-19-. The number of esters is 1. The Kier molecular flexibility index (Phi) is 17.7. The summed E-state index contributed by atoms with van der Waals surface area (Å²) >= 11 is 0. The van der Waals surface area contributed by atoms with Crippen LogP contribution in [0.25, 0.3) is 0 Å². The highest BCUT2D eigenvalue weighted by atomic mass is 16.5. The van der Waals surface area contributed by atoms with Gasteiger partial charge in [-0.2, -0.15) is 0 Å². The lowest BCUT2D eigenvalue weighted by atomic mass is 9.47. The van der Waals surface area contributed by atoms with Crippen LogP contribution in [-0.4, -0.2) is 12.1 Å². The van der Waals surface area contributed by atoms with Gasteiger partial charge in [-0.1, -0.05) is 135 Å². The molecule has 290 valence electrons. The van der Waals surface area contributed by atoms with Gasteiger partial charge in [0.15, 0.2) is 0 Å². The van der Waals surface area contributed by atoms with Gasteiger partial charge in [0.2, 0.25) is 0 Å². The Morgan fingerprint density at radius 3 is 2.18 bits per heavy atom. The van der Waals surface area contributed by atoms with Crippen LogP contribution < -0.4 is 0 Å². The van der Waals surface area contributed by atoms with Crippen LogP contribution in [0, 0.1) is 52.3 Å². The molecule has 0 radical (unpaired) electrons. The van der Waals surface area contributed by atoms with Gasteiger partial charge in [-0.05, 0) is 149 Å². The van der Waals surface area contributed by atoms with E-state index in [9.17, 15) is 4.79 Å². The number of rotatable bonds is 22. The van der Waals surface area contributed by atoms with Crippen molar-refractivity contribution in [3.05, 3.63) is 48.1 Å². The number of carbonyl (C=O) groups excluding carboxylic acids is 1. The Morgan fingerprint density at radius 1 is 0.804 bits per heavy atom. The zero-order valence-electron chi connectivity index (χ0n) is 34.7. The Balaban J connectivity index is 1.12. The fraction of sp³-hybridized carbons (Fsp3) is 0.816. The number of unbranched alkanes of at least 4 members (excludes halogenated alkanes) is 7. The summed E-state index contributed by atoms with van der Waals surface area (Å²) in [7, 11) is 0. The van der Waals surface area contributed by atoms with E-state index in [0.717, 1.165) is 86.4 Å². The Bertz CT molecular complexity index is 1140. The average molecular weight is 703 g/mol. The summed E-state index contributed by atoms with van der Waals surface area (Å²) in [5.41, 5.74) is 2.49. The minimum atomic E-state index is 0.0404. The lowest BCUT2D eigenvalue weighted by Crippen LogP contribution is -2.51.